The molecule has 0 unspecified atom stereocenters. The minimum Gasteiger partial charge on any atom is -0.457 e. The first kappa shape index (κ1) is 14.2. The molecule has 24 heavy (non-hydrogen) atoms. The van der Waals surface area contributed by atoms with Gasteiger partial charge in [0.25, 0.3) is 0 Å². The Morgan fingerprint density at radius 3 is 1.96 bits per heavy atom. The van der Waals surface area contributed by atoms with E-state index in [-0.39, 0.29) is 5.76 Å². The van der Waals surface area contributed by atoms with Gasteiger partial charge in [-0.2, -0.15) is 0 Å². The summed E-state index contributed by atoms with van der Waals surface area (Å²) >= 11 is 0. The minimum absolute atomic E-state index is 0.183. The summed E-state index contributed by atoms with van der Waals surface area (Å²) in [7, 11) is 0. The molecule has 1 heterocycles. The molecule has 0 saturated heterocycles. The van der Waals surface area contributed by atoms with E-state index in [2.05, 4.69) is 4.99 Å². The number of hydrogen-bond acceptors (Lipinski definition) is 3. The summed E-state index contributed by atoms with van der Waals surface area (Å²) in [5, 5.41) is 1.13. The molecule has 116 valence electrons. The van der Waals surface area contributed by atoms with Crippen LogP contribution in [0.2, 0.25) is 0 Å². The summed E-state index contributed by atoms with van der Waals surface area (Å²) in [5.41, 5.74) is 0. The number of fused-ring (bicyclic) bond motifs is 1. The second-order valence-corrected chi connectivity index (χ2v) is 5.23. The molecular formula is C20H13NO3. The zero-order chi connectivity index (χ0) is 16.4. The van der Waals surface area contributed by atoms with Gasteiger partial charge in [-0.3, -0.25) is 4.79 Å². The summed E-state index contributed by atoms with van der Waals surface area (Å²) in [6, 6.07) is 23.9. The van der Waals surface area contributed by atoms with Crippen molar-refractivity contribution in [2.45, 2.75) is 0 Å². The van der Waals surface area contributed by atoms with Crippen molar-refractivity contribution in [3.63, 3.8) is 0 Å². The lowest BCUT2D eigenvalue weighted by Crippen LogP contribution is -2.26. The number of benzene rings is 3. The van der Waals surface area contributed by atoms with Gasteiger partial charge in [-0.05, 0) is 36.4 Å². The Morgan fingerprint density at radius 1 is 0.667 bits per heavy atom. The van der Waals surface area contributed by atoms with Crippen LogP contribution in [0.1, 0.15) is 0 Å². The van der Waals surface area contributed by atoms with Gasteiger partial charge in [-0.25, -0.2) is 4.99 Å². The van der Waals surface area contributed by atoms with Gasteiger partial charge in [0, 0.05) is 0 Å². The van der Waals surface area contributed by atoms with E-state index < -0.39 is 5.91 Å². The smallest absolute Gasteiger partial charge is 0.314 e. The minimum atomic E-state index is -0.405. The number of amides is 1. The van der Waals surface area contributed by atoms with Crippen LogP contribution in [0, 0.1) is 0 Å². The molecular weight excluding hydrogens is 302 g/mol. The van der Waals surface area contributed by atoms with Crippen molar-refractivity contribution in [2.24, 2.45) is 4.99 Å². The first-order chi connectivity index (χ1) is 11.8. The highest BCUT2D eigenvalue weighted by atomic mass is 16.5. The zero-order valence-corrected chi connectivity index (χ0v) is 12.7. The molecule has 4 heteroatoms. The lowest BCUT2D eigenvalue weighted by atomic mass is 10.2. The maximum atomic E-state index is 12.3. The molecule has 3 aromatic rings. The first-order valence-corrected chi connectivity index (χ1v) is 7.53. The standard InChI is InChI=1S/C20H13NO3/c22-20-19(24-15-10-5-2-6-11-15)18-16(21-20)12-7-13-17(18)23-14-8-3-1-4-9-14/h1-13H. The van der Waals surface area contributed by atoms with E-state index >= 15 is 0 Å². The quantitative estimate of drug-likeness (QED) is 0.744. The van der Waals surface area contributed by atoms with E-state index in [1.807, 2.05) is 48.5 Å². The molecule has 0 atom stereocenters. The Balaban J connectivity index is 1.83. The molecule has 1 amide bonds. The zero-order valence-electron chi connectivity index (χ0n) is 12.7. The summed E-state index contributed by atoms with van der Waals surface area (Å²) in [6.45, 7) is 0. The van der Waals surface area contributed by atoms with Crippen molar-refractivity contribution in [2.75, 3.05) is 0 Å². The van der Waals surface area contributed by atoms with Crippen LogP contribution in [0.25, 0.3) is 5.76 Å². The number of nitrogens with zero attached hydrogens (tertiary/aromatic N) is 1. The Kier molecular flexibility index (Phi) is 3.56. The fourth-order valence-electron chi connectivity index (χ4n) is 2.51. The molecule has 0 N–H and O–H groups in total. The van der Waals surface area contributed by atoms with Crippen LogP contribution in [0.15, 0.2) is 83.9 Å². The van der Waals surface area contributed by atoms with Gasteiger partial charge >= 0.3 is 5.91 Å². The highest BCUT2D eigenvalue weighted by molar-refractivity contribution is 6.13. The number of carbonyl (C=O) groups excluding carboxylic acids is 1. The fourth-order valence-corrected chi connectivity index (χ4v) is 2.51. The maximum Gasteiger partial charge on any atom is 0.314 e. The molecule has 1 aliphatic rings. The van der Waals surface area contributed by atoms with Crippen molar-refractivity contribution in [1.29, 1.82) is 0 Å². The topological polar surface area (TPSA) is 47.9 Å². The van der Waals surface area contributed by atoms with E-state index in [0.29, 0.717) is 27.8 Å². The largest absolute Gasteiger partial charge is 0.457 e. The summed E-state index contributed by atoms with van der Waals surface area (Å²) < 4.78 is 11.7. The van der Waals surface area contributed by atoms with Crippen molar-refractivity contribution in [3.8, 4) is 17.2 Å². The van der Waals surface area contributed by atoms with Crippen LogP contribution in [-0.4, -0.2) is 5.91 Å². The van der Waals surface area contributed by atoms with Gasteiger partial charge in [0.2, 0.25) is 5.76 Å². The average Bonchev–Trinajstić information content (AvgIpc) is 2.93. The summed E-state index contributed by atoms with van der Waals surface area (Å²) in [4.78, 5) is 16.3. The second-order valence-electron chi connectivity index (χ2n) is 5.23. The van der Waals surface area contributed by atoms with Gasteiger partial charge in [0.1, 0.15) is 17.2 Å². The monoisotopic (exact) mass is 315 g/mol. The molecule has 4 nitrogen and oxygen atoms in total. The number of rotatable bonds is 4. The SMILES string of the molecule is O=C1N=c2cccc(Oc3ccccc3)c2=C1Oc1ccccc1. The van der Waals surface area contributed by atoms with E-state index in [1.54, 1.807) is 30.3 Å². The molecule has 0 aliphatic carbocycles. The lowest BCUT2D eigenvalue weighted by Gasteiger charge is -2.08. The van der Waals surface area contributed by atoms with Crippen LogP contribution < -0.4 is 20.0 Å². The Morgan fingerprint density at radius 2 is 1.29 bits per heavy atom. The normalized spacial score (nSPS) is 12.5. The molecule has 0 saturated carbocycles. The average molecular weight is 315 g/mol. The third-order valence-electron chi connectivity index (χ3n) is 3.58. The molecule has 0 bridgehead atoms. The Hall–Kier alpha value is -3.40. The molecule has 1 aliphatic heterocycles. The molecule has 0 spiro atoms. The fraction of sp³-hybridized carbons (Fsp3) is 0. The van der Waals surface area contributed by atoms with Gasteiger partial charge in [-0.1, -0.05) is 42.5 Å². The number of para-hydroxylation sites is 2. The Labute approximate surface area is 138 Å². The van der Waals surface area contributed by atoms with Crippen molar-refractivity contribution < 1.29 is 14.3 Å². The molecule has 4 rings (SSSR count). The van der Waals surface area contributed by atoms with E-state index in [4.69, 9.17) is 9.47 Å². The Bertz CT molecular complexity index is 1010. The molecule has 3 aromatic carbocycles. The van der Waals surface area contributed by atoms with Crippen LogP contribution in [0.3, 0.4) is 0 Å². The molecule has 0 fully saturated rings. The maximum absolute atomic E-state index is 12.3. The van der Waals surface area contributed by atoms with Crippen molar-refractivity contribution in [1.82, 2.24) is 0 Å². The van der Waals surface area contributed by atoms with Crippen LogP contribution in [0.4, 0.5) is 0 Å². The van der Waals surface area contributed by atoms with Crippen molar-refractivity contribution in [3.05, 3.63) is 89.4 Å². The van der Waals surface area contributed by atoms with Crippen molar-refractivity contribution >= 4 is 11.7 Å². The van der Waals surface area contributed by atoms with E-state index in [1.165, 1.54) is 0 Å². The van der Waals surface area contributed by atoms with Crippen LogP contribution in [-0.2, 0) is 4.79 Å². The highest BCUT2D eigenvalue weighted by Crippen LogP contribution is 2.20. The second kappa shape index (κ2) is 6.01. The molecule has 0 aromatic heterocycles. The summed E-state index contributed by atoms with van der Waals surface area (Å²) in [6.07, 6.45) is 0. The van der Waals surface area contributed by atoms with Crippen LogP contribution in [0.5, 0.6) is 17.2 Å². The number of ether oxygens (including phenoxy) is 2. The predicted octanol–water partition coefficient (Wildman–Crippen LogP) is 2.83. The predicted molar refractivity (Wildman–Crippen MR) is 89.2 cm³/mol. The highest BCUT2D eigenvalue weighted by Gasteiger charge is 2.22. The third-order valence-corrected chi connectivity index (χ3v) is 3.58. The van der Waals surface area contributed by atoms with E-state index in [0.717, 1.165) is 0 Å². The number of hydrogen-bond donors (Lipinski definition) is 0. The van der Waals surface area contributed by atoms with Gasteiger partial charge < -0.3 is 9.47 Å². The first-order valence-electron chi connectivity index (χ1n) is 7.53. The van der Waals surface area contributed by atoms with E-state index in [9.17, 15) is 4.79 Å². The van der Waals surface area contributed by atoms with Gasteiger partial charge in [-0.15, -0.1) is 0 Å². The van der Waals surface area contributed by atoms with Crippen LogP contribution >= 0.6 is 0 Å². The third kappa shape index (κ3) is 2.65. The summed E-state index contributed by atoms with van der Waals surface area (Å²) in [5.74, 6) is 1.59. The lowest BCUT2D eigenvalue weighted by molar-refractivity contribution is -0.113. The van der Waals surface area contributed by atoms with Gasteiger partial charge in [0.05, 0.1) is 10.6 Å². The van der Waals surface area contributed by atoms with Gasteiger partial charge in [0.15, 0.2) is 0 Å². The molecule has 0 radical (unpaired) electrons. The number of carbonyl (C=O) groups is 1.